The van der Waals surface area contributed by atoms with E-state index < -0.39 is 14.1 Å². The number of benzene rings is 2. The summed E-state index contributed by atoms with van der Waals surface area (Å²) in [5.41, 5.74) is 2.91. The van der Waals surface area contributed by atoms with Crippen molar-refractivity contribution in [2.45, 2.75) is 94.9 Å². The van der Waals surface area contributed by atoms with Crippen LogP contribution in [0.1, 0.15) is 65.9 Å². The molecule has 230 valence electrons. The first-order valence-electron chi connectivity index (χ1n) is 16.0. The van der Waals surface area contributed by atoms with E-state index in [0.29, 0.717) is 37.1 Å². The van der Waals surface area contributed by atoms with E-state index in [0.717, 1.165) is 49.7 Å². The van der Waals surface area contributed by atoms with E-state index in [2.05, 4.69) is 54.9 Å². The highest BCUT2D eigenvalue weighted by atomic mass is 28.3. The van der Waals surface area contributed by atoms with Gasteiger partial charge in [0.05, 0.1) is 0 Å². The van der Waals surface area contributed by atoms with Crippen LogP contribution in [0.3, 0.4) is 0 Å². The van der Waals surface area contributed by atoms with Crippen molar-refractivity contribution in [3.8, 4) is 5.75 Å². The zero-order chi connectivity index (χ0) is 30.1. The second kappa shape index (κ2) is 12.5. The van der Waals surface area contributed by atoms with E-state index in [1.54, 1.807) is 4.90 Å². The molecule has 0 radical (unpaired) electrons. The third-order valence-corrected chi connectivity index (χ3v) is 11.3. The number of carbonyl (C=O) groups is 3. The number of rotatable bonds is 10. The Bertz CT molecular complexity index is 1340. The van der Waals surface area contributed by atoms with Gasteiger partial charge in [0.25, 0.3) is 11.8 Å². The van der Waals surface area contributed by atoms with Crippen molar-refractivity contribution in [1.82, 2.24) is 14.7 Å². The van der Waals surface area contributed by atoms with Crippen molar-refractivity contribution in [1.29, 1.82) is 0 Å². The van der Waals surface area contributed by atoms with Crippen LogP contribution in [0.15, 0.2) is 48.5 Å². The maximum Gasteiger partial charge on any atom is 0.255 e. The Kier molecular flexibility index (Phi) is 8.76. The molecule has 0 spiro atoms. The molecule has 43 heavy (non-hydrogen) atoms. The fourth-order valence-electron chi connectivity index (χ4n) is 6.95. The van der Waals surface area contributed by atoms with Crippen molar-refractivity contribution in [3.05, 3.63) is 65.2 Å². The van der Waals surface area contributed by atoms with Gasteiger partial charge in [-0.05, 0) is 61.1 Å². The van der Waals surface area contributed by atoms with E-state index in [1.807, 2.05) is 18.2 Å². The first kappa shape index (κ1) is 30.0. The minimum atomic E-state index is -1.28. The predicted octanol–water partition coefficient (Wildman–Crippen LogP) is 5.26. The summed E-state index contributed by atoms with van der Waals surface area (Å²) in [5.74, 6) is 0.653. The van der Waals surface area contributed by atoms with Crippen LogP contribution >= 0.6 is 0 Å². The molecule has 8 nitrogen and oxygen atoms in total. The van der Waals surface area contributed by atoms with E-state index in [9.17, 15) is 14.4 Å². The molecule has 1 aliphatic carbocycles. The number of ether oxygens (including phenoxy) is 2. The second-order valence-corrected chi connectivity index (χ2v) is 19.5. The lowest BCUT2D eigenvalue weighted by atomic mass is 9.84. The third kappa shape index (κ3) is 6.59. The van der Waals surface area contributed by atoms with E-state index in [-0.39, 0.29) is 37.0 Å². The van der Waals surface area contributed by atoms with Gasteiger partial charge in [0, 0.05) is 58.3 Å². The quantitative estimate of drug-likeness (QED) is 0.209. The summed E-state index contributed by atoms with van der Waals surface area (Å²) in [5, 5.41) is 0. The Morgan fingerprint density at radius 1 is 0.930 bits per heavy atom. The van der Waals surface area contributed by atoms with Crippen molar-refractivity contribution >= 4 is 25.8 Å². The molecule has 3 amide bonds. The number of piperidine rings is 1. The summed E-state index contributed by atoms with van der Waals surface area (Å²) in [6, 6.07) is 17.2. The zero-order valence-corrected chi connectivity index (χ0v) is 26.8. The van der Waals surface area contributed by atoms with Gasteiger partial charge in [-0.25, -0.2) is 0 Å². The maximum atomic E-state index is 13.4. The lowest BCUT2D eigenvalue weighted by Crippen LogP contribution is -2.57. The molecule has 3 fully saturated rings. The summed E-state index contributed by atoms with van der Waals surface area (Å²) in [7, 11) is -1.28. The van der Waals surface area contributed by atoms with Gasteiger partial charge in [-0.2, -0.15) is 0 Å². The van der Waals surface area contributed by atoms with Crippen LogP contribution in [-0.2, 0) is 20.9 Å². The summed E-state index contributed by atoms with van der Waals surface area (Å²) in [6.07, 6.45) is 5.25. The van der Waals surface area contributed by atoms with Gasteiger partial charge in [-0.1, -0.05) is 56.4 Å². The Hall–Kier alpha value is -3.01. The van der Waals surface area contributed by atoms with Crippen LogP contribution < -0.4 is 4.74 Å². The van der Waals surface area contributed by atoms with Gasteiger partial charge in [0.2, 0.25) is 5.91 Å². The molecule has 1 saturated carbocycles. The molecule has 2 saturated heterocycles. The number of amides is 3. The first-order valence-corrected chi connectivity index (χ1v) is 19.7. The molecule has 0 unspecified atom stereocenters. The van der Waals surface area contributed by atoms with E-state index in [4.69, 9.17) is 9.47 Å². The van der Waals surface area contributed by atoms with Crippen molar-refractivity contribution in [2.75, 3.05) is 26.4 Å². The molecule has 9 heteroatoms. The van der Waals surface area contributed by atoms with Crippen molar-refractivity contribution < 1.29 is 23.9 Å². The van der Waals surface area contributed by atoms with Gasteiger partial charge >= 0.3 is 0 Å². The van der Waals surface area contributed by atoms with E-state index >= 15 is 0 Å². The number of likely N-dealkylation sites (tertiary alicyclic amines) is 2. The minimum absolute atomic E-state index is 0.0444. The SMILES string of the molecule is C[Si](C)(C)CCOCN1C(=O)CC[C@H](N2Cc3cc(O[C@H]4CCCC[C@@H]4N4CC(c5ccccc5)C4)ccc3C2=O)C1=O. The molecule has 0 bridgehead atoms. The summed E-state index contributed by atoms with van der Waals surface area (Å²) in [4.78, 5) is 44.8. The Morgan fingerprint density at radius 2 is 1.70 bits per heavy atom. The lowest BCUT2D eigenvalue weighted by Gasteiger charge is -2.48. The van der Waals surface area contributed by atoms with Crippen LogP contribution in [0.4, 0.5) is 0 Å². The summed E-state index contributed by atoms with van der Waals surface area (Å²) >= 11 is 0. The molecular weight excluding hydrogens is 558 g/mol. The van der Waals surface area contributed by atoms with Gasteiger partial charge in [0.1, 0.15) is 24.6 Å². The van der Waals surface area contributed by atoms with E-state index in [1.165, 1.54) is 16.9 Å². The smallest absolute Gasteiger partial charge is 0.255 e. The lowest BCUT2D eigenvalue weighted by molar-refractivity contribution is -0.158. The van der Waals surface area contributed by atoms with Crippen molar-refractivity contribution in [2.24, 2.45) is 0 Å². The number of hydrogen-bond donors (Lipinski definition) is 0. The fraction of sp³-hybridized carbons (Fsp3) is 0.559. The topological polar surface area (TPSA) is 79.4 Å². The molecule has 0 aromatic heterocycles. The number of imide groups is 1. The summed E-state index contributed by atoms with van der Waals surface area (Å²) < 4.78 is 12.4. The van der Waals surface area contributed by atoms with Gasteiger partial charge in [-0.15, -0.1) is 0 Å². The number of carbonyl (C=O) groups excluding carboxylic acids is 3. The van der Waals surface area contributed by atoms with Crippen LogP contribution in [0, 0.1) is 0 Å². The molecule has 6 rings (SSSR count). The molecule has 3 heterocycles. The largest absolute Gasteiger partial charge is 0.489 e. The third-order valence-electron chi connectivity index (χ3n) is 9.59. The number of nitrogens with zero attached hydrogens (tertiary/aromatic N) is 3. The molecule has 3 atom stereocenters. The van der Waals surface area contributed by atoms with Gasteiger partial charge < -0.3 is 14.4 Å². The average Bonchev–Trinajstić information content (AvgIpc) is 3.28. The highest BCUT2D eigenvalue weighted by molar-refractivity contribution is 6.76. The fourth-order valence-corrected chi connectivity index (χ4v) is 7.71. The van der Waals surface area contributed by atoms with Crippen molar-refractivity contribution in [3.63, 3.8) is 0 Å². The normalized spacial score (nSPS) is 25.2. The molecule has 4 aliphatic rings. The highest BCUT2D eigenvalue weighted by Gasteiger charge is 2.43. The maximum absolute atomic E-state index is 13.4. The van der Waals surface area contributed by atoms with Gasteiger partial charge in [0.15, 0.2) is 0 Å². The average molecular weight is 604 g/mol. The van der Waals surface area contributed by atoms with Crippen LogP contribution in [0.25, 0.3) is 0 Å². The minimum Gasteiger partial charge on any atom is -0.489 e. The van der Waals surface area contributed by atoms with Gasteiger partial charge in [-0.3, -0.25) is 24.2 Å². The second-order valence-electron chi connectivity index (χ2n) is 13.9. The first-order chi connectivity index (χ1) is 20.7. The molecule has 2 aromatic carbocycles. The number of hydrogen-bond acceptors (Lipinski definition) is 6. The molecule has 3 aliphatic heterocycles. The molecular formula is C34H45N3O5Si. The zero-order valence-electron chi connectivity index (χ0n) is 25.8. The Labute approximate surface area is 256 Å². The standard InChI is InChI=1S/C34H45N3O5Si/c1-43(2,3)18-17-41-23-37-32(38)16-15-30(34(37)40)36-22-25-19-27(13-14-28(25)33(36)39)42-31-12-8-7-11-29(31)35-20-26(21-35)24-9-5-4-6-10-24/h4-6,9-10,13-14,19,26,29-31H,7-8,11-12,15-18,20-23H2,1-3H3/t29-,30-,31-/m0/s1. The Morgan fingerprint density at radius 3 is 2.47 bits per heavy atom. The highest BCUT2D eigenvalue weighted by Crippen LogP contribution is 2.37. The monoisotopic (exact) mass is 603 g/mol. The van der Waals surface area contributed by atoms with Crippen LogP contribution in [0.2, 0.25) is 25.7 Å². The van der Waals surface area contributed by atoms with Crippen LogP contribution in [0.5, 0.6) is 5.75 Å². The summed E-state index contributed by atoms with van der Waals surface area (Å²) in [6.45, 7) is 9.76. The molecule has 0 N–H and O–H groups in total. The predicted molar refractivity (Wildman–Crippen MR) is 168 cm³/mol. The van der Waals surface area contributed by atoms with Crippen LogP contribution in [-0.4, -0.2) is 85.1 Å². The number of fused-ring (bicyclic) bond motifs is 1. The Balaban J connectivity index is 1.07. The molecule has 2 aromatic rings.